The van der Waals surface area contributed by atoms with E-state index in [1.165, 1.54) is 0 Å². The van der Waals surface area contributed by atoms with Crippen LogP contribution in [0.3, 0.4) is 0 Å². The molecule has 1 atom stereocenters. The Kier molecular flexibility index (Phi) is 4.50. The van der Waals surface area contributed by atoms with Crippen molar-refractivity contribution in [1.82, 2.24) is 0 Å². The van der Waals surface area contributed by atoms with E-state index in [1.807, 2.05) is 50.2 Å². The highest BCUT2D eigenvalue weighted by Crippen LogP contribution is 2.35. The Morgan fingerprint density at radius 1 is 1.16 bits per heavy atom. The summed E-state index contributed by atoms with van der Waals surface area (Å²) in [6, 6.07) is 11.5. The first-order chi connectivity index (χ1) is 8.97. The standard InChI is InChI=1S/C15H15BrClNO/c1-9-3-5-13(17)15(7-9)19-14-6-4-11(10(2)18)8-12(14)16/h3-8,10H,18H2,1-2H3. The second kappa shape index (κ2) is 5.95. The number of hydrogen-bond donors (Lipinski definition) is 1. The van der Waals surface area contributed by atoms with Crippen LogP contribution in [0.2, 0.25) is 5.02 Å². The lowest BCUT2D eigenvalue weighted by molar-refractivity contribution is 0.479. The summed E-state index contributed by atoms with van der Waals surface area (Å²) in [5.41, 5.74) is 8.00. The molecular weight excluding hydrogens is 326 g/mol. The zero-order chi connectivity index (χ0) is 14.0. The van der Waals surface area contributed by atoms with Crippen molar-refractivity contribution < 1.29 is 4.74 Å². The molecule has 0 saturated carbocycles. The van der Waals surface area contributed by atoms with Crippen molar-refractivity contribution >= 4 is 27.5 Å². The Bertz CT molecular complexity index is 599. The lowest BCUT2D eigenvalue weighted by Crippen LogP contribution is -2.04. The van der Waals surface area contributed by atoms with Gasteiger partial charge in [0.25, 0.3) is 0 Å². The lowest BCUT2D eigenvalue weighted by atomic mass is 10.1. The van der Waals surface area contributed by atoms with Gasteiger partial charge in [0, 0.05) is 6.04 Å². The second-order valence-corrected chi connectivity index (χ2v) is 5.78. The van der Waals surface area contributed by atoms with Crippen LogP contribution >= 0.6 is 27.5 Å². The maximum Gasteiger partial charge on any atom is 0.146 e. The molecule has 0 aliphatic rings. The van der Waals surface area contributed by atoms with Crippen LogP contribution in [0.5, 0.6) is 11.5 Å². The van der Waals surface area contributed by atoms with Crippen molar-refractivity contribution in [2.45, 2.75) is 19.9 Å². The summed E-state index contributed by atoms with van der Waals surface area (Å²) in [5.74, 6) is 1.37. The molecule has 0 bridgehead atoms. The maximum absolute atomic E-state index is 6.12. The monoisotopic (exact) mass is 339 g/mol. The molecule has 0 aliphatic carbocycles. The first-order valence-electron chi connectivity index (χ1n) is 5.96. The topological polar surface area (TPSA) is 35.2 Å². The molecule has 0 radical (unpaired) electrons. The number of nitrogens with two attached hydrogens (primary N) is 1. The van der Waals surface area contributed by atoms with Crippen LogP contribution in [0.15, 0.2) is 40.9 Å². The molecule has 0 aromatic heterocycles. The maximum atomic E-state index is 6.12. The minimum absolute atomic E-state index is 0.00657. The zero-order valence-electron chi connectivity index (χ0n) is 10.8. The van der Waals surface area contributed by atoms with E-state index < -0.39 is 0 Å². The highest BCUT2D eigenvalue weighted by Gasteiger charge is 2.09. The number of halogens is 2. The summed E-state index contributed by atoms with van der Waals surface area (Å²) in [7, 11) is 0. The molecule has 100 valence electrons. The minimum atomic E-state index is -0.00657. The summed E-state index contributed by atoms with van der Waals surface area (Å²) < 4.78 is 6.70. The fourth-order valence-electron chi connectivity index (χ4n) is 1.69. The highest BCUT2D eigenvalue weighted by molar-refractivity contribution is 9.10. The van der Waals surface area contributed by atoms with Gasteiger partial charge in [-0.25, -0.2) is 0 Å². The van der Waals surface area contributed by atoms with Gasteiger partial charge in [-0.2, -0.15) is 0 Å². The second-order valence-electron chi connectivity index (χ2n) is 4.51. The normalized spacial score (nSPS) is 12.3. The average molecular weight is 341 g/mol. The third-order valence-electron chi connectivity index (χ3n) is 2.79. The van der Waals surface area contributed by atoms with Gasteiger partial charge in [0.05, 0.1) is 9.50 Å². The van der Waals surface area contributed by atoms with Gasteiger partial charge in [0.15, 0.2) is 0 Å². The molecule has 1 unspecified atom stereocenters. The highest BCUT2D eigenvalue weighted by atomic mass is 79.9. The Morgan fingerprint density at radius 3 is 2.53 bits per heavy atom. The smallest absolute Gasteiger partial charge is 0.146 e. The van der Waals surface area contributed by atoms with Crippen molar-refractivity contribution in [3.05, 3.63) is 57.0 Å². The molecule has 0 saturated heterocycles. The molecule has 0 heterocycles. The van der Waals surface area contributed by atoms with E-state index in [2.05, 4.69) is 15.9 Å². The third kappa shape index (κ3) is 3.50. The van der Waals surface area contributed by atoms with Crippen molar-refractivity contribution in [3.8, 4) is 11.5 Å². The number of rotatable bonds is 3. The first-order valence-corrected chi connectivity index (χ1v) is 7.13. The number of benzene rings is 2. The fraction of sp³-hybridized carbons (Fsp3) is 0.200. The number of hydrogen-bond acceptors (Lipinski definition) is 2. The molecule has 2 nitrogen and oxygen atoms in total. The summed E-state index contributed by atoms with van der Waals surface area (Å²) in [6.45, 7) is 3.94. The van der Waals surface area contributed by atoms with Gasteiger partial charge < -0.3 is 10.5 Å². The molecule has 0 aliphatic heterocycles. The van der Waals surface area contributed by atoms with E-state index in [0.29, 0.717) is 10.8 Å². The van der Waals surface area contributed by atoms with Gasteiger partial charge in [0.2, 0.25) is 0 Å². The fourth-order valence-corrected chi connectivity index (χ4v) is 2.32. The predicted octanol–water partition coefficient (Wildman–Crippen LogP) is 5.22. The third-order valence-corrected chi connectivity index (χ3v) is 3.72. The molecule has 2 N–H and O–H groups in total. The van der Waals surface area contributed by atoms with Crippen LogP contribution < -0.4 is 10.5 Å². The van der Waals surface area contributed by atoms with Gasteiger partial charge in [-0.05, 0) is 65.2 Å². The van der Waals surface area contributed by atoms with E-state index in [9.17, 15) is 0 Å². The van der Waals surface area contributed by atoms with Gasteiger partial charge in [-0.3, -0.25) is 0 Å². The molecule has 19 heavy (non-hydrogen) atoms. The quantitative estimate of drug-likeness (QED) is 0.831. The average Bonchev–Trinajstić information content (AvgIpc) is 2.36. The molecule has 2 rings (SSSR count). The number of ether oxygens (including phenoxy) is 1. The van der Waals surface area contributed by atoms with Crippen LogP contribution in [0.1, 0.15) is 24.1 Å². The van der Waals surface area contributed by atoms with E-state index in [0.717, 1.165) is 21.3 Å². The Morgan fingerprint density at radius 2 is 1.89 bits per heavy atom. The van der Waals surface area contributed by atoms with E-state index >= 15 is 0 Å². The number of aryl methyl sites for hydroxylation is 1. The van der Waals surface area contributed by atoms with Gasteiger partial charge in [-0.1, -0.05) is 23.7 Å². The summed E-state index contributed by atoms with van der Waals surface area (Å²) in [5, 5.41) is 0.591. The molecular formula is C15H15BrClNO. The predicted molar refractivity (Wildman–Crippen MR) is 83.0 cm³/mol. The molecule has 0 amide bonds. The van der Waals surface area contributed by atoms with Gasteiger partial charge in [-0.15, -0.1) is 0 Å². The Hall–Kier alpha value is -1.03. The van der Waals surface area contributed by atoms with Crippen LogP contribution in [0.25, 0.3) is 0 Å². The van der Waals surface area contributed by atoms with Gasteiger partial charge >= 0.3 is 0 Å². The van der Waals surface area contributed by atoms with Crippen LogP contribution in [0.4, 0.5) is 0 Å². The van der Waals surface area contributed by atoms with Crippen molar-refractivity contribution in [2.24, 2.45) is 5.73 Å². The summed E-state index contributed by atoms with van der Waals surface area (Å²) >= 11 is 9.61. The largest absolute Gasteiger partial charge is 0.455 e. The van der Waals surface area contributed by atoms with Crippen molar-refractivity contribution in [2.75, 3.05) is 0 Å². The van der Waals surface area contributed by atoms with E-state index in [4.69, 9.17) is 22.1 Å². The summed E-state index contributed by atoms with van der Waals surface area (Å²) in [6.07, 6.45) is 0. The van der Waals surface area contributed by atoms with Crippen LogP contribution in [-0.2, 0) is 0 Å². The molecule has 2 aromatic carbocycles. The lowest BCUT2D eigenvalue weighted by Gasteiger charge is -2.12. The first kappa shape index (κ1) is 14.4. The van der Waals surface area contributed by atoms with Gasteiger partial charge in [0.1, 0.15) is 11.5 Å². The van der Waals surface area contributed by atoms with Crippen LogP contribution in [0, 0.1) is 6.92 Å². The van der Waals surface area contributed by atoms with Crippen molar-refractivity contribution in [3.63, 3.8) is 0 Å². The zero-order valence-corrected chi connectivity index (χ0v) is 13.1. The molecule has 0 fully saturated rings. The SMILES string of the molecule is Cc1ccc(Cl)c(Oc2ccc(C(C)N)cc2Br)c1. The summed E-state index contributed by atoms with van der Waals surface area (Å²) in [4.78, 5) is 0. The van der Waals surface area contributed by atoms with Crippen molar-refractivity contribution in [1.29, 1.82) is 0 Å². The molecule has 2 aromatic rings. The molecule has 4 heteroatoms. The minimum Gasteiger partial charge on any atom is -0.455 e. The van der Waals surface area contributed by atoms with E-state index in [-0.39, 0.29) is 6.04 Å². The Balaban J connectivity index is 2.31. The Labute approximate surface area is 126 Å². The van der Waals surface area contributed by atoms with Crippen LogP contribution in [-0.4, -0.2) is 0 Å². The van der Waals surface area contributed by atoms with E-state index in [1.54, 1.807) is 0 Å². The molecule has 0 spiro atoms.